The second-order valence-electron chi connectivity index (χ2n) is 8.77. The molecule has 1 heterocycles. The fourth-order valence-corrected chi connectivity index (χ4v) is 4.94. The van der Waals surface area contributed by atoms with Gasteiger partial charge >= 0.3 is 0 Å². The molecular weight excluding hydrogens is 372 g/mol. The molecule has 2 aromatic carbocycles. The highest BCUT2D eigenvalue weighted by Gasteiger charge is 2.30. The van der Waals surface area contributed by atoms with Crippen LogP contribution in [-0.2, 0) is 17.8 Å². The van der Waals surface area contributed by atoms with E-state index in [0.717, 1.165) is 52.0 Å². The number of nitrogens with zero attached hydrogens (tertiary/aromatic N) is 2. The van der Waals surface area contributed by atoms with Crippen molar-refractivity contribution < 1.29 is 14.6 Å². The van der Waals surface area contributed by atoms with Crippen LogP contribution in [0.4, 0.5) is 0 Å². The first-order valence-corrected chi connectivity index (χ1v) is 11.1. The van der Waals surface area contributed by atoms with E-state index in [1.807, 2.05) is 24.1 Å². The number of fused-ring (bicyclic) bond motifs is 1. The number of benzene rings is 2. The van der Waals surface area contributed by atoms with E-state index in [2.05, 4.69) is 42.5 Å². The molecule has 30 heavy (non-hydrogen) atoms. The molecule has 5 heteroatoms. The average Bonchev–Trinajstić information content (AvgIpc) is 2.80. The van der Waals surface area contributed by atoms with Crippen LogP contribution in [0.3, 0.4) is 0 Å². The molecule has 2 aliphatic rings. The van der Waals surface area contributed by atoms with Crippen molar-refractivity contribution >= 4 is 5.91 Å². The van der Waals surface area contributed by atoms with Crippen LogP contribution in [0.15, 0.2) is 48.5 Å². The topological polar surface area (TPSA) is 53.0 Å². The number of nitriles is 1. The van der Waals surface area contributed by atoms with Gasteiger partial charge in [0, 0.05) is 12.6 Å². The molecule has 1 atom stereocenters. The Balaban J connectivity index is 1.27. The number of amides is 1. The number of hydrogen-bond donors (Lipinski definition) is 2. The Bertz CT molecular complexity index is 909. The van der Waals surface area contributed by atoms with E-state index < -0.39 is 0 Å². The van der Waals surface area contributed by atoms with Crippen molar-refractivity contribution in [2.24, 2.45) is 0 Å². The second kappa shape index (κ2) is 9.42. The molecule has 0 bridgehead atoms. The Kier molecular flexibility index (Phi) is 6.47. The molecule has 5 nitrogen and oxygen atoms in total. The lowest BCUT2D eigenvalue weighted by Gasteiger charge is -2.35. The Morgan fingerprint density at radius 1 is 1.07 bits per heavy atom. The van der Waals surface area contributed by atoms with E-state index >= 15 is 0 Å². The standard InChI is InChI=1S/C25H30N4O/c1-27(24-8-4-6-22-5-2-3-7-23(22)24)25(30)19-29-15-13-28(14-16-29)18-21-11-9-20(17-26)10-12-21/h2-3,5,7,9-12,24H,4,6,8,13-16,18-19H2,1H3/p+2/t24-/m1/s1. The maximum absolute atomic E-state index is 13.0. The highest BCUT2D eigenvalue weighted by molar-refractivity contribution is 5.77. The van der Waals surface area contributed by atoms with Crippen LogP contribution in [-0.4, -0.2) is 50.6 Å². The van der Waals surface area contributed by atoms with Crippen molar-refractivity contribution in [2.75, 3.05) is 39.8 Å². The summed E-state index contributed by atoms with van der Waals surface area (Å²) in [4.78, 5) is 18.0. The highest BCUT2D eigenvalue weighted by Crippen LogP contribution is 2.33. The zero-order chi connectivity index (χ0) is 20.9. The second-order valence-corrected chi connectivity index (χ2v) is 8.77. The van der Waals surface area contributed by atoms with E-state index in [0.29, 0.717) is 12.1 Å². The van der Waals surface area contributed by atoms with Crippen molar-refractivity contribution in [3.63, 3.8) is 0 Å². The summed E-state index contributed by atoms with van der Waals surface area (Å²) in [5, 5.41) is 8.93. The smallest absolute Gasteiger partial charge is 0.278 e. The molecule has 1 fully saturated rings. The van der Waals surface area contributed by atoms with Crippen LogP contribution in [0.25, 0.3) is 0 Å². The van der Waals surface area contributed by atoms with Crippen LogP contribution in [0.2, 0.25) is 0 Å². The molecule has 0 radical (unpaired) electrons. The van der Waals surface area contributed by atoms with Crippen LogP contribution >= 0.6 is 0 Å². The van der Waals surface area contributed by atoms with Gasteiger partial charge in [0.05, 0.1) is 17.7 Å². The number of nitrogens with one attached hydrogen (secondary N) is 2. The van der Waals surface area contributed by atoms with Gasteiger partial charge in [0.15, 0.2) is 6.54 Å². The molecule has 0 saturated carbocycles. The van der Waals surface area contributed by atoms with E-state index in [1.54, 1.807) is 4.90 Å². The van der Waals surface area contributed by atoms with Crippen molar-refractivity contribution in [1.82, 2.24) is 4.90 Å². The third kappa shape index (κ3) is 4.72. The van der Waals surface area contributed by atoms with Crippen molar-refractivity contribution in [3.05, 3.63) is 70.8 Å². The first-order chi connectivity index (χ1) is 14.6. The third-order valence-electron chi connectivity index (χ3n) is 6.80. The summed E-state index contributed by atoms with van der Waals surface area (Å²) in [5.74, 6) is 0.266. The Labute approximate surface area is 179 Å². The van der Waals surface area contributed by atoms with Gasteiger partial charge in [-0.05, 0) is 42.5 Å². The van der Waals surface area contributed by atoms with Crippen LogP contribution in [0.1, 0.15) is 41.1 Å². The number of carbonyl (C=O) groups is 1. The third-order valence-corrected chi connectivity index (χ3v) is 6.80. The average molecular weight is 405 g/mol. The van der Waals surface area contributed by atoms with Gasteiger partial charge in [-0.25, -0.2) is 0 Å². The largest absolute Gasteiger partial charge is 0.334 e. The van der Waals surface area contributed by atoms with Gasteiger partial charge in [-0.1, -0.05) is 36.4 Å². The molecule has 2 N–H and O–H groups in total. The summed E-state index contributed by atoms with van der Waals surface area (Å²) in [6.45, 7) is 5.82. The molecule has 4 rings (SSSR count). The SMILES string of the molecule is CN(C(=O)C[NH+]1CC[NH+](Cc2ccc(C#N)cc2)CC1)[C@@H]1CCCc2ccccc21. The van der Waals surface area contributed by atoms with Gasteiger partial charge in [-0.3, -0.25) is 4.79 Å². The Morgan fingerprint density at radius 3 is 2.50 bits per heavy atom. The molecule has 1 aliphatic carbocycles. The lowest BCUT2D eigenvalue weighted by atomic mass is 9.87. The fraction of sp³-hybridized carbons (Fsp3) is 0.440. The van der Waals surface area contributed by atoms with E-state index in [9.17, 15) is 4.79 Å². The number of carbonyl (C=O) groups excluding carboxylic acids is 1. The zero-order valence-corrected chi connectivity index (χ0v) is 17.9. The van der Waals surface area contributed by atoms with Gasteiger partial charge in [-0.15, -0.1) is 0 Å². The number of aryl methyl sites for hydroxylation is 1. The van der Waals surface area contributed by atoms with Crippen molar-refractivity contribution in [1.29, 1.82) is 5.26 Å². The van der Waals surface area contributed by atoms with Crippen LogP contribution in [0.5, 0.6) is 0 Å². The maximum Gasteiger partial charge on any atom is 0.278 e. The molecule has 1 amide bonds. The maximum atomic E-state index is 13.0. The number of hydrogen-bond acceptors (Lipinski definition) is 2. The molecule has 0 spiro atoms. The first kappa shape index (κ1) is 20.6. The van der Waals surface area contributed by atoms with Crippen LogP contribution < -0.4 is 9.80 Å². The molecule has 2 aromatic rings. The quantitative estimate of drug-likeness (QED) is 0.757. The van der Waals surface area contributed by atoms with E-state index in [1.165, 1.54) is 21.6 Å². The van der Waals surface area contributed by atoms with Gasteiger partial charge in [0.25, 0.3) is 5.91 Å². The predicted octanol–water partition coefficient (Wildman–Crippen LogP) is 0.378. The highest BCUT2D eigenvalue weighted by atomic mass is 16.2. The lowest BCUT2D eigenvalue weighted by Crippen LogP contribution is -3.28. The predicted molar refractivity (Wildman–Crippen MR) is 116 cm³/mol. The molecule has 0 unspecified atom stereocenters. The molecule has 1 saturated heterocycles. The van der Waals surface area contributed by atoms with E-state index in [4.69, 9.17) is 5.26 Å². The lowest BCUT2D eigenvalue weighted by molar-refractivity contribution is -1.02. The van der Waals surface area contributed by atoms with Gasteiger partial charge in [0.1, 0.15) is 32.7 Å². The zero-order valence-electron chi connectivity index (χ0n) is 17.9. The summed E-state index contributed by atoms with van der Waals surface area (Å²) >= 11 is 0. The minimum Gasteiger partial charge on any atom is -0.334 e. The Hall–Kier alpha value is -2.68. The summed E-state index contributed by atoms with van der Waals surface area (Å²) in [6.07, 6.45) is 3.35. The minimum absolute atomic E-state index is 0.227. The summed E-state index contributed by atoms with van der Waals surface area (Å²) in [5.41, 5.74) is 4.73. The first-order valence-electron chi connectivity index (χ1n) is 11.1. The Morgan fingerprint density at radius 2 is 1.77 bits per heavy atom. The van der Waals surface area contributed by atoms with Gasteiger partial charge < -0.3 is 14.7 Å². The van der Waals surface area contributed by atoms with Crippen molar-refractivity contribution in [2.45, 2.75) is 31.8 Å². The van der Waals surface area contributed by atoms with Gasteiger partial charge in [0.2, 0.25) is 0 Å². The number of quaternary nitrogens is 2. The molecule has 0 aromatic heterocycles. The summed E-state index contributed by atoms with van der Waals surface area (Å²) in [7, 11) is 1.99. The van der Waals surface area contributed by atoms with Gasteiger partial charge in [-0.2, -0.15) is 5.26 Å². The van der Waals surface area contributed by atoms with Crippen molar-refractivity contribution in [3.8, 4) is 6.07 Å². The normalized spacial score (nSPS) is 23.3. The van der Waals surface area contributed by atoms with E-state index in [-0.39, 0.29) is 11.9 Å². The summed E-state index contributed by atoms with van der Waals surface area (Å²) < 4.78 is 0. The van der Waals surface area contributed by atoms with Crippen LogP contribution in [0, 0.1) is 11.3 Å². The molecule has 156 valence electrons. The minimum atomic E-state index is 0.227. The number of likely N-dealkylation sites (N-methyl/N-ethyl adjacent to an activating group) is 1. The number of rotatable bonds is 5. The monoisotopic (exact) mass is 404 g/mol. The molecule has 1 aliphatic heterocycles. The molecular formula is C25H32N4O+2. The summed E-state index contributed by atoms with van der Waals surface area (Å²) in [6, 6.07) is 18.9. The fourth-order valence-electron chi connectivity index (χ4n) is 4.94. The number of piperazine rings is 1.